The van der Waals surface area contributed by atoms with E-state index in [-0.39, 0.29) is 0 Å². The van der Waals surface area contributed by atoms with Crippen LogP contribution in [0, 0.1) is 18.2 Å². The fraction of sp³-hybridized carbons (Fsp3) is 0. The second kappa shape index (κ2) is 1.55. The zero-order valence-electron chi connectivity index (χ0n) is 4.38. The largest absolute Gasteiger partial charge is 0.243 e. The maximum atomic E-state index is 4.39. The van der Waals surface area contributed by atoms with Crippen LogP contribution >= 0.6 is 0 Å². The second-order valence-electron chi connectivity index (χ2n) is 1.54. The summed E-state index contributed by atoms with van der Waals surface area (Å²) in [6.45, 7) is 0. The van der Waals surface area contributed by atoms with E-state index >= 15 is 0 Å². The molecule has 0 N–H and O–H groups in total. The number of aromatic nitrogens is 2. The van der Waals surface area contributed by atoms with Gasteiger partial charge in [0.1, 0.15) is 11.0 Å². The molecule has 0 bridgehead atoms. The minimum atomic E-state index is 0.591. The molecule has 0 unspecified atom stereocenters. The Kier molecular flexibility index (Phi) is 0.773. The summed E-state index contributed by atoms with van der Waals surface area (Å²) in [5.41, 5.74) is 1.25. The number of hydrogen-bond donors (Lipinski definition) is 0. The van der Waals surface area contributed by atoms with Gasteiger partial charge >= 0.3 is 0 Å². The van der Waals surface area contributed by atoms with Crippen molar-refractivity contribution in [3.8, 4) is 0 Å². The molecule has 3 nitrogen and oxygen atoms in total. The van der Waals surface area contributed by atoms with Gasteiger partial charge in [-0.2, -0.15) is 0 Å². The summed E-state index contributed by atoms with van der Waals surface area (Å²) in [7, 11) is 0. The van der Waals surface area contributed by atoms with Crippen molar-refractivity contribution < 1.29 is 4.63 Å². The number of rotatable bonds is 0. The van der Waals surface area contributed by atoms with Gasteiger partial charge < -0.3 is 0 Å². The van der Waals surface area contributed by atoms with Gasteiger partial charge in [-0.05, 0) is 22.4 Å². The van der Waals surface area contributed by atoms with E-state index < -0.39 is 0 Å². The van der Waals surface area contributed by atoms with Crippen LogP contribution in [0.15, 0.2) is 10.7 Å². The molecular formula is C6HN2O. The molecule has 2 rings (SSSR count). The van der Waals surface area contributed by atoms with Crippen LogP contribution in [-0.4, -0.2) is 10.3 Å². The summed E-state index contributed by atoms with van der Waals surface area (Å²) in [6, 6.07) is 9.61. The maximum Gasteiger partial charge on any atom is 0.143 e. The highest BCUT2D eigenvalue weighted by atomic mass is 16.6. The summed E-state index contributed by atoms with van der Waals surface area (Å²) in [5, 5.41) is 7.08. The van der Waals surface area contributed by atoms with Crippen molar-refractivity contribution in [3.05, 3.63) is 24.3 Å². The molecule has 41 valence electrons. The van der Waals surface area contributed by atoms with Crippen molar-refractivity contribution >= 4 is 11.0 Å². The molecule has 1 heterocycles. The van der Waals surface area contributed by atoms with Crippen LogP contribution in [0.1, 0.15) is 0 Å². The van der Waals surface area contributed by atoms with Gasteiger partial charge in [-0.1, -0.05) is 0 Å². The topological polar surface area (TPSA) is 38.9 Å². The van der Waals surface area contributed by atoms with Crippen LogP contribution in [0.2, 0.25) is 0 Å². The standard InChI is InChI=1S/C6HN2O/c1-2-4-6-5(3-1)7-9-8-6/h3H. The molecule has 3 radical (unpaired) electrons. The quantitative estimate of drug-likeness (QED) is 0.507. The first-order chi connectivity index (χ1) is 4.47. The molecule has 0 atom stereocenters. The lowest BCUT2D eigenvalue weighted by atomic mass is 10.3. The molecule has 0 saturated heterocycles. The van der Waals surface area contributed by atoms with Gasteiger partial charge in [0.15, 0.2) is 0 Å². The summed E-state index contributed by atoms with van der Waals surface area (Å²) >= 11 is 0. The van der Waals surface area contributed by atoms with Crippen LogP contribution in [0.5, 0.6) is 0 Å². The van der Waals surface area contributed by atoms with Crippen molar-refractivity contribution in [2.75, 3.05) is 0 Å². The first-order valence-electron chi connectivity index (χ1n) is 2.39. The van der Waals surface area contributed by atoms with Gasteiger partial charge in [-0.25, -0.2) is 4.63 Å². The molecule has 0 aliphatic heterocycles. The smallest absolute Gasteiger partial charge is 0.143 e. The third-order valence-corrected chi connectivity index (χ3v) is 0.976. The monoisotopic (exact) mass is 117 g/mol. The summed E-state index contributed by atoms with van der Waals surface area (Å²) < 4.78 is 4.39. The molecule has 0 fully saturated rings. The Balaban J connectivity index is 2.95. The van der Waals surface area contributed by atoms with Gasteiger partial charge in [0.05, 0.1) is 0 Å². The number of nitrogens with zero attached hydrogens (tertiary/aromatic N) is 2. The minimum Gasteiger partial charge on any atom is -0.243 e. The van der Waals surface area contributed by atoms with Crippen molar-refractivity contribution in [1.82, 2.24) is 10.3 Å². The Morgan fingerprint density at radius 1 is 1.44 bits per heavy atom. The minimum absolute atomic E-state index is 0.591. The third-order valence-electron chi connectivity index (χ3n) is 0.976. The number of benzene rings is 1. The molecule has 3 heteroatoms. The fourth-order valence-corrected chi connectivity index (χ4v) is 0.577. The third kappa shape index (κ3) is 0.579. The van der Waals surface area contributed by atoms with E-state index in [1.54, 1.807) is 6.07 Å². The lowest BCUT2D eigenvalue weighted by molar-refractivity contribution is 0.315. The van der Waals surface area contributed by atoms with E-state index in [1.807, 2.05) is 0 Å². The highest BCUT2D eigenvalue weighted by Gasteiger charge is 1.94. The Bertz CT molecular complexity index is 285. The molecule has 0 saturated carbocycles. The van der Waals surface area contributed by atoms with Crippen LogP contribution in [0.3, 0.4) is 0 Å². The highest BCUT2D eigenvalue weighted by molar-refractivity contribution is 5.71. The van der Waals surface area contributed by atoms with Gasteiger partial charge in [0.25, 0.3) is 0 Å². The molecular weight excluding hydrogens is 116 g/mol. The van der Waals surface area contributed by atoms with Crippen molar-refractivity contribution in [2.24, 2.45) is 0 Å². The molecule has 0 amide bonds. The average Bonchev–Trinajstić information content (AvgIpc) is 2.33. The fourth-order valence-electron chi connectivity index (χ4n) is 0.577. The van der Waals surface area contributed by atoms with Crippen LogP contribution < -0.4 is 0 Å². The molecule has 0 spiro atoms. The van der Waals surface area contributed by atoms with Crippen molar-refractivity contribution in [2.45, 2.75) is 0 Å². The van der Waals surface area contributed by atoms with Crippen molar-refractivity contribution in [3.63, 3.8) is 0 Å². The lowest BCUT2D eigenvalue weighted by Crippen LogP contribution is -1.65. The van der Waals surface area contributed by atoms with Gasteiger partial charge in [-0.3, -0.25) is 0 Å². The lowest BCUT2D eigenvalue weighted by Gasteiger charge is -1.73. The molecule has 9 heavy (non-hydrogen) atoms. The van der Waals surface area contributed by atoms with Gasteiger partial charge in [0.2, 0.25) is 0 Å². The molecule has 0 aliphatic rings. The highest BCUT2D eigenvalue weighted by Crippen LogP contribution is 2.03. The van der Waals surface area contributed by atoms with E-state index in [4.69, 9.17) is 0 Å². The summed E-state index contributed by atoms with van der Waals surface area (Å²) in [5.74, 6) is 0. The molecule has 0 aliphatic carbocycles. The first kappa shape index (κ1) is 4.49. The Hall–Kier alpha value is -1.38. The SMILES string of the molecule is [c]1[c]cc2nonc2[c]1. The normalized spacial score (nSPS) is 10.2. The van der Waals surface area contributed by atoms with Gasteiger partial charge in [0, 0.05) is 12.1 Å². The maximum absolute atomic E-state index is 4.39. The van der Waals surface area contributed by atoms with E-state index in [0.29, 0.717) is 11.0 Å². The van der Waals surface area contributed by atoms with Crippen LogP contribution in [0.25, 0.3) is 11.0 Å². The zero-order chi connectivity index (χ0) is 6.10. The zero-order valence-corrected chi connectivity index (χ0v) is 4.38. The van der Waals surface area contributed by atoms with E-state index in [1.165, 1.54) is 0 Å². The van der Waals surface area contributed by atoms with E-state index in [2.05, 4.69) is 33.1 Å². The Labute approximate surface area is 51.2 Å². The predicted molar refractivity (Wildman–Crippen MR) is 28.3 cm³/mol. The Morgan fingerprint density at radius 3 is 3.33 bits per heavy atom. The first-order valence-corrected chi connectivity index (χ1v) is 2.39. The Morgan fingerprint density at radius 2 is 2.44 bits per heavy atom. The van der Waals surface area contributed by atoms with E-state index in [9.17, 15) is 0 Å². The van der Waals surface area contributed by atoms with Crippen LogP contribution in [-0.2, 0) is 0 Å². The summed E-state index contributed by atoms with van der Waals surface area (Å²) in [6.07, 6.45) is 0. The van der Waals surface area contributed by atoms with E-state index in [0.717, 1.165) is 0 Å². The number of fused-ring (bicyclic) bond motifs is 1. The average molecular weight is 117 g/mol. The molecule has 2 aromatic rings. The molecule has 1 aromatic carbocycles. The van der Waals surface area contributed by atoms with Crippen LogP contribution in [0.4, 0.5) is 0 Å². The summed E-state index contributed by atoms with van der Waals surface area (Å²) in [4.78, 5) is 0. The van der Waals surface area contributed by atoms with Crippen molar-refractivity contribution in [1.29, 1.82) is 0 Å². The number of hydrogen-bond acceptors (Lipinski definition) is 3. The predicted octanol–water partition coefficient (Wildman–Crippen LogP) is 0.623. The van der Waals surface area contributed by atoms with Gasteiger partial charge in [-0.15, -0.1) is 0 Å². The second-order valence-corrected chi connectivity index (χ2v) is 1.54. The molecule has 1 aromatic heterocycles.